The molecule has 33 heavy (non-hydrogen) atoms. The Kier molecular flexibility index (Phi) is 7.11. The van der Waals surface area contributed by atoms with Crippen LogP contribution >= 0.6 is 27.5 Å². The fraction of sp³-hybridized carbons (Fsp3) is 0.120. The fourth-order valence-electron chi connectivity index (χ4n) is 3.13. The Morgan fingerprint density at radius 2 is 1.88 bits per heavy atom. The molecule has 5 nitrogen and oxygen atoms in total. The minimum Gasteiger partial charge on any atom is -0.490 e. The summed E-state index contributed by atoms with van der Waals surface area (Å²) < 4.78 is 30.8. The van der Waals surface area contributed by atoms with Gasteiger partial charge in [-0.05, 0) is 76.5 Å². The SMILES string of the molecule is CCOc1cc(/C=C2\N=C(c3ccccc3Br)OC2=O)cc(Cl)c1OCc1ccc(F)cc1. The largest absolute Gasteiger partial charge is 0.490 e. The first kappa shape index (κ1) is 23.0. The van der Waals surface area contributed by atoms with E-state index in [1.807, 2.05) is 25.1 Å². The van der Waals surface area contributed by atoms with Gasteiger partial charge in [0.05, 0.1) is 17.2 Å². The van der Waals surface area contributed by atoms with E-state index in [-0.39, 0.29) is 24.0 Å². The summed E-state index contributed by atoms with van der Waals surface area (Å²) in [6.45, 7) is 2.41. The van der Waals surface area contributed by atoms with E-state index >= 15 is 0 Å². The summed E-state index contributed by atoms with van der Waals surface area (Å²) in [5.74, 6) is 0.109. The molecule has 1 heterocycles. The zero-order valence-electron chi connectivity index (χ0n) is 17.5. The number of ether oxygens (including phenoxy) is 3. The number of carbonyl (C=O) groups is 1. The van der Waals surface area contributed by atoms with Gasteiger partial charge in [0.25, 0.3) is 0 Å². The van der Waals surface area contributed by atoms with E-state index in [4.69, 9.17) is 25.8 Å². The van der Waals surface area contributed by atoms with Crippen LogP contribution < -0.4 is 9.47 Å². The molecule has 168 valence electrons. The predicted molar refractivity (Wildman–Crippen MR) is 128 cm³/mol. The number of carbonyl (C=O) groups excluding carboxylic acids is 1. The summed E-state index contributed by atoms with van der Waals surface area (Å²) in [4.78, 5) is 16.7. The van der Waals surface area contributed by atoms with Crippen LogP contribution in [0.3, 0.4) is 0 Å². The zero-order chi connectivity index (χ0) is 23.4. The van der Waals surface area contributed by atoms with E-state index in [1.165, 1.54) is 12.1 Å². The van der Waals surface area contributed by atoms with Crippen molar-refractivity contribution >= 4 is 45.5 Å². The number of aliphatic imine (C=N–C) groups is 1. The molecule has 3 aromatic carbocycles. The summed E-state index contributed by atoms with van der Waals surface area (Å²) in [7, 11) is 0. The van der Waals surface area contributed by atoms with Gasteiger partial charge in [-0.2, -0.15) is 0 Å². The second-order valence-corrected chi connectivity index (χ2v) is 8.26. The third-order valence-corrected chi connectivity index (χ3v) is 5.63. The Hall–Kier alpha value is -3.16. The molecule has 1 aliphatic heterocycles. The quantitative estimate of drug-likeness (QED) is 0.256. The average molecular weight is 531 g/mol. The number of halogens is 3. The van der Waals surface area contributed by atoms with Gasteiger partial charge < -0.3 is 14.2 Å². The van der Waals surface area contributed by atoms with Gasteiger partial charge in [-0.25, -0.2) is 14.2 Å². The number of benzene rings is 3. The van der Waals surface area contributed by atoms with Crippen molar-refractivity contribution in [3.63, 3.8) is 0 Å². The molecule has 0 fully saturated rings. The third kappa shape index (κ3) is 5.43. The number of hydrogen-bond donors (Lipinski definition) is 0. The molecular weight excluding hydrogens is 513 g/mol. The Labute approximate surface area is 203 Å². The molecule has 0 atom stereocenters. The van der Waals surface area contributed by atoms with Gasteiger partial charge in [0.1, 0.15) is 12.4 Å². The van der Waals surface area contributed by atoms with Crippen molar-refractivity contribution in [3.8, 4) is 11.5 Å². The molecule has 4 rings (SSSR count). The maximum Gasteiger partial charge on any atom is 0.363 e. The highest BCUT2D eigenvalue weighted by molar-refractivity contribution is 9.10. The van der Waals surface area contributed by atoms with Gasteiger partial charge in [-0.15, -0.1) is 0 Å². The second kappa shape index (κ2) is 10.2. The first-order chi connectivity index (χ1) is 15.9. The van der Waals surface area contributed by atoms with E-state index in [2.05, 4.69) is 20.9 Å². The minimum atomic E-state index is -0.563. The molecule has 0 radical (unpaired) electrons. The van der Waals surface area contributed by atoms with Crippen molar-refractivity contribution in [1.29, 1.82) is 0 Å². The van der Waals surface area contributed by atoms with Gasteiger partial charge in [0.2, 0.25) is 5.90 Å². The molecule has 0 aliphatic carbocycles. The number of esters is 1. The molecule has 0 amide bonds. The lowest BCUT2D eigenvalue weighted by molar-refractivity contribution is -0.129. The molecule has 0 saturated heterocycles. The van der Waals surface area contributed by atoms with Crippen LogP contribution in [0.2, 0.25) is 5.02 Å². The van der Waals surface area contributed by atoms with Crippen LogP contribution in [-0.4, -0.2) is 18.5 Å². The number of hydrogen-bond acceptors (Lipinski definition) is 5. The molecule has 8 heteroatoms. The van der Waals surface area contributed by atoms with Crippen molar-refractivity contribution in [2.24, 2.45) is 4.99 Å². The summed E-state index contributed by atoms with van der Waals surface area (Å²) >= 11 is 9.91. The van der Waals surface area contributed by atoms with E-state index in [0.29, 0.717) is 34.3 Å². The fourth-order valence-corrected chi connectivity index (χ4v) is 3.86. The Morgan fingerprint density at radius 3 is 2.61 bits per heavy atom. The Morgan fingerprint density at radius 1 is 1.12 bits per heavy atom. The van der Waals surface area contributed by atoms with Crippen molar-refractivity contribution < 1.29 is 23.4 Å². The maximum absolute atomic E-state index is 13.1. The van der Waals surface area contributed by atoms with Crippen LogP contribution in [0, 0.1) is 5.82 Å². The lowest BCUT2D eigenvalue weighted by atomic mass is 10.1. The van der Waals surface area contributed by atoms with Crippen molar-refractivity contribution in [1.82, 2.24) is 0 Å². The number of rotatable bonds is 7. The molecule has 3 aromatic rings. The first-order valence-corrected chi connectivity index (χ1v) is 11.2. The topological polar surface area (TPSA) is 57.1 Å². The molecule has 0 saturated carbocycles. The van der Waals surface area contributed by atoms with Crippen LogP contribution in [0.4, 0.5) is 4.39 Å². The molecule has 0 spiro atoms. The van der Waals surface area contributed by atoms with Gasteiger partial charge in [0.15, 0.2) is 17.2 Å². The van der Waals surface area contributed by atoms with Gasteiger partial charge >= 0.3 is 5.97 Å². The van der Waals surface area contributed by atoms with Crippen LogP contribution in [0.5, 0.6) is 11.5 Å². The summed E-state index contributed by atoms with van der Waals surface area (Å²) in [6.07, 6.45) is 1.57. The van der Waals surface area contributed by atoms with Crippen LogP contribution in [0.25, 0.3) is 6.08 Å². The van der Waals surface area contributed by atoms with E-state index in [9.17, 15) is 9.18 Å². The highest BCUT2D eigenvalue weighted by atomic mass is 79.9. The monoisotopic (exact) mass is 529 g/mol. The average Bonchev–Trinajstić information content (AvgIpc) is 3.15. The standard InChI is InChI=1S/C25H18BrClFNO4/c1-2-31-22-13-16(11-20(27)23(22)32-14-15-7-9-17(28)10-8-15)12-21-25(30)33-24(29-21)18-5-3-4-6-19(18)26/h3-13H,2,14H2,1H3/b21-12-. The lowest BCUT2D eigenvalue weighted by Crippen LogP contribution is -2.05. The summed E-state index contributed by atoms with van der Waals surface area (Å²) in [6, 6.07) is 16.7. The second-order valence-electron chi connectivity index (χ2n) is 6.99. The van der Waals surface area contributed by atoms with Gasteiger partial charge in [-0.3, -0.25) is 0 Å². The molecule has 1 aliphatic rings. The highest BCUT2D eigenvalue weighted by Gasteiger charge is 2.25. The van der Waals surface area contributed by atoms with Crippen molar-refractivity contribution in [2.45, 2.75) is 13.5 Å². The summed E-state index contributed by atoms with van der Waals surface area (Å²) in [5, 5.41) is 0.302. The van der Waals surface area contributed by atoms with Crippen LogP contribution in [0.15, 0.2) is 75.8 Å². The van der Waals surface area contributed by atoms with Crippen molar-refractivity contribution in [3.05, 3.63) is 98.4 Å². The maximum atomic E-state index is 13.1. The first-order valence-electron chi connectivity index (χ1n) is 10.1. The number of cyclic esters (lactones) is 1. The zero-order valence-corrected chi connectivity index (χ0v) is 19.8. The van der Waals surface area contributed by atoms with Gasteiger partial charge in [0, 0.05) is 4.47 Å². The van der Waals surface area contributed by atoms with E-state index in [1.54, 1.807) is 36.4 Å². The van der Waals surface area contributed by atoms with Crippen molar-refractivity contribution in [2.75, 3.05) is 6.61 Å². The smallest absolute Gasteiger partial charge is 0.363 e. The van der Waals surface area contributed by atoms with Crippen LogP contribution in [-0.2, 0) is 16.1 Å². The molecule has 0 unspecified atom stereocenters. The Balaban J connectivity index is 1.61. The third-order valence-electron chi connectivity index (χ3n) is 4.66. The molecule has 0 aromatic heterocycles. The minimum absolute atomic E-state index is 0.138. The lowest BCUT2D eigenvalue weighted by Gasteiger charge is -2.14. The number of nitrogens with zero attached hydrogens (tertiary/aromatic N) is 1. The molecule has 0 N–H and O–H groups in total. The van der Waals surface area contributed by atoms with Crippen LogP contribution in [0.1, 0.15) is 23.6 Å². The summed E-state index contributed by atoms with van der Waals surface area (Å²) in [5.41, 5.74) is 2.19. The molecule has 0 bridgehead atoms. The van der Waals surface area contributed by atoms with Gasteiger partial charge in [-0.1, -0.05) is 35.9 Å². The Bertz CT molecular complexity index is 1260. The molecular formula is C25H18BrClFNO4. The predicted octanol–water partition coefficient (Wildman–Crippen LogP) is 6.56. The van der Waals surface area contributed by atoms with E-state index < -0.39 is 5.97 Å². The normalized spacial score (nSPS) is 14.2. The van der Waals surface area contributed by atoms with E-state index in [0.717, 1.165) is 10.0 Å². The highest BCUT2D eigenvalue weighted by Crippen LogP contribution is 2.38.